The Morgan fingerprint density at radius 3 is 2.38 bits per heavy atom. The fourth-order valence-electron chi connectivity index (χ4n) is 2.14. The first-order valence-corrected chi connectivity index (χ1v) is 5.99. The first-order valence-electron chi connectivity index (χ1n) is 5.61. The zero-order valence-electron chi connectivity index (χ0n) is 10.2. The van der Waals surface area contributed by atoms with Gasteiger partial charge in [0, 0.05) is 0 Å². The Morgan fingerprint density at radius 2 is 2.00 bits per heavy atom. The highest BCUT2D eigenvalue weighted by Crippen LogP contribution is 2.43. The van der Waals surface area contributed by atoms with Gasteiger partial charge in [0.25, 0.3) is 0 Å². The molecule has 2 unspecified atom stereocenters. The second-order valence-corrected chi connectivity index (χ2v) is 5.59. The van der Waals surface area contributed by atoms with E-state index in [-0.39, 0.29) is 11.8 Å². The quantitative estimate of drug-likeness (QED) is 0.770. The molecule has 0 spiro atoms. The van der Waals surface area contributed by atoms with E-state index in [1.807, 2.05) is 45.9 Å². The minimum Gasteiger partial charge on any atom is -0.481 e. The summed E-state index contributed by atoms with van der Waals surface area (Å²) in [6.07, 6.45) is 5.57. The molecular weight excluding hydrogens is 224 g/mol. The minimum atomic E-state index is -0.840. The van der Waals surface area contributed by atoms with Crippen LogP contribution in [0.25, 0.3) is 0 Å². The van der Waals surface area contributed by atoms with Crippen LogP contribution in [0.1, 0.15) is 27.7 Å². The van der Waals surface area contributed by atoms with Crippen molar-refractivity contribution >= 4 is 17.6 Å². The van der Waals surface area contributed by atoms with Crippen LogP contribution in [0.4, 0.5) is 0 Å². The number of halogens is 1. The van der Waals surface area contributed by atoms with Crippen molar-refractivity contribution < 1.29 is 9.90 Å². The van der Waals surface area contributed by atoms with Crippen LogP contribution in [0.2, 0.25) is 0 Å². The summed E-state index contributed by atoms with van der Waals surface area (Å²) in [5, 5.41) is 9.38. The molecule has 0 aliphatic heterocycles. The van der Waals surface area contributed by atoms with E-state index in [2.05, 4.69) is 0 Å². The fourth-order valence-corrected chi connectivity index (χ4v) is 2.43. The monoisotopic (exact) mass is 242 g/mol. The molecule has 3 heteroatoms. The Hall–Kier alpha value is -0.760. The maximum absolute atomic E-state index is 11.4. The minimum absolute atomic E-state index is 0.0777. The highest BCUT2D eigenvalue weighted by molar-refractivity contribution is 6.27. The molecular formula is C13H19ClO2. The number of hydrogen-bond donors (Lipinski definition) is 1. The van der Waals surface area contributed by atoms with E-state index in [1.54, 1.807) is 0 Å². The molecule has 0 aromatic rings. The molecule has 2 nitrogen and oxygen atoms in total. The Labute approximate surface area is 102 Å². The fraction of sp³-hybridized carbons (Fsp3) is 0.615. The topological polar surface area (TPSA) is 37.3 Å². The normalized spacial score (nSPS) is 29.7. The first kappa shape index (κ1) is 13.3. The van der Waals surface area contributed by atoms with Gasteiger partial charge in [-0.2, -0.15) is 0 Å². The van der Waals surface area contributed by atoms with Crippen molar-refractivity contribution in [2.24, 2.45) is 17.8 Å². The maximum Gasteiger partial charge on any atom is 0.312 e. The summed E-state index contributed by atoms with van der Waals surface area (Å²) in [6, 6.07) is 0. The molecule has 0 amide bonds. The number of aliphatic carboxylic acids is 1. The summed E-state index contributed by atoms with van der Waals surface area (Å²) in [4.78, 5) is 10.6. The van der Waals surface area contributed by atoms with Crippen LogP contribution in [0.3, 0.4) is 0 Å². The highest BCUT2D eigenvalue weighted by Gasteiger charge is 2.46. The van der Waals surface area contributed by atoms with Crippen molar-refractivity contribution in [1.82, 2.24) is 0 Å². The van der Waals surface area contributed by atoms with Gasteiger partial charge < -0.3 is 5.11 Å². The summed E-state index contributed by atoms with van der Waals surface area (Å²) in [7, 11) is 0. The van der Waals surface area contributed by atoms with Gasteiger partial charge in [-0.15, -0.1) is 11.6 Å². The van der Waals surface area contributed by atoms with E-state index in [4.69, 9.17) is 11.6 Å². The molecule has 1 aliphatic carbocycles. The Kier molecular flexibility index (Phi) is 3.84. The van der Waals surface area contributed by atoms with Crippen molar-refractivity contribution in [3.05, 3.63) is 23.8 Å². The Morgan fingerprint density at radius 1 is 1.44 bits per heavy atom. The summed E-state index contributed by atoms with van der Waals surface area (Å²) in [5.41, 5.74) is 0.902. The van der Waals surface area contributed by atoms with Crippen LogP contribution in [-0.2, 0) is 4.79 Å². The molecule has 90 valence electrons. The summed E-state index contributed by atoms with van der Waals surface area (Å²) in [6.45, 7) is 7.91. The Bertz CT molecular complexity index is 342. The van der Waals surface area contributed by atoms with E-state index >= 15 is 0 Å². The number of alkyl halides is 1. The van der Waals surface area contributed by atoms with Crippen LogP contribution in [-0.4, -0.2) is 16.0 Å². The maximum atomic E-state index is 11.4. The predicted molar refractivity (Wildman–Crippen MR) is 66.6 cm³/mol. The molecule has 2 atom stereocenters. The molecule has 0 saturated heterocycles. The largest absolute Gasteiger partial charge is 0.481 e. The van der Waals surface area contributed by atoms with Crippen molar-refractivity contribution in [2.45, 2.75) is 32.6 Å². The van der Waals surface area contributed by atoms with E-state index < -0.39 is 16.8 Å². The number of rotatable bonds is 3. The lowest BCUT2D eigenvalue weighted by Crippen LogP contribution is -2.43. The molecule has 1 aliphatic rings. The number of carboxylic acid groups (broad SMARTS) is 1. The van der Waals surface area contributed by atoms with Gasteiger partial charge in [0.1, 0.15) is 5.92 Å². The van der Waals surface area contributed by atoms with Crippen molar-refractivity contribution in [3.8, 4) is 0 Å². The number of carbonyl (C=O) groups is 1. The number of hydrogen-bond acceptors (Lipinski definition) is 1. The van der Waals surface area contributed by atoms with Crippen LogP contribution in [0.15, 0.2) is 23.8 Å². The molecule has 0 aromatic heterocycles. The lowest BCUT2D eigenvalue weighted by atomic mass is 9.72. The standard InChI is InChI=1S/C13H19ClO2/c1-8(2)10-6-5-7-13(14,9(3)4)11(10)12(15)16/h5-9,11H,1-4H3,(H,15,16). The summed E-state index contributed by atoms with van der Waals surface area (Å²) < 4.78 is 0. The van der Waals surface area contributed by atoms with Gasteiger partial charge in [0.2, 0.25) is 0 Å². The molecule has 0 fully saturated rings. The zero-order chi connectivity index (χ0) is 12.5. The first-order chi connectivity index (χ1) is 7.30. The highest BCUT2D eigenvalue weighted by atomic mass is 35.5. The lowest BCUT2D eigenvalue weighted by molar-refractivity contribution is -0.141. The Balaban J connectivity index is 3.22. The van der Waals surface area contributed by atoms with Gasteiger partial charge in [-0.25, -0.2) is 0 Å². The van der Waals surface area contributed by atoms with Crippen LogP contribution >= 0.6 is 11.6 Å². The van der Waals surface area contributed by atoms with Gasteiger partial charge in [-0.1, -0.05) is 51.5 Å². The van der Waals surface area contributed by atoms with Gasteiger partial charge in [-0.05, 0) is 11.8 Å². The van der Waals surface area contributed by atoms with Crippen molar-refractivity contribution in [1.29, 1.82) is 0 Å². The second-order valence-electron chi connectivity index (χ2n) is 4.93. The summed E-state index contributed by atoms with van der Waals surface area (Å²) >= 11 is 6.50. The lowest BCUT2D eigenvalue weighted by Gasteiger charge is -2.38. The van der Waals surface area contributed by atoms with Crippen molar-refractivity contribution in [3.63, 3.8) is 0 Å². The van der Waals surface area contributed by atoms with E-state index in [0.29, 0.717) is 0 Å². The van der Waals surface area contributed by atoms with Crippen LogP contribution in [0, 0.1) is 17.8 Å². The third-order valence-electron chi connectivity index (χ3n) is 3.21. The summed E-state index contributed by atoms with van der Waals surface area (Å²) in [5.74, 6) is -1.19. The van der Waals surface area contributed by atoms with Crippen LogP contribution < -0.4 is 0 Å². The SMILES string of the molecule is CC(C)C1=CC=CC(Cl)(C(C)C)C1C(=O)O. The second kappa shape index (κ2) is 4.62. The molecule has 1 rings (SSSR count). The van der Waals surface area contributed by atoms with Gasteiger partial charge in [0.15, 0.2) is 0 Å². The predicted octanol–water partition coefficient (Wildman–Crippen LogP) is 3.47. The molecule has 1 N–H and O–H groups in total. The smallest absolute Gasteiger partial charge is 0.312 e. The van der Waals surface area contributed by atoms with Gasteiger partial charge >= 0.3 is 5.97 Å². The van der Waals surface area contributed by atoms with E-state index in [9.17, 15) is 9.90 Å². The molecule has 0 radical (unpaired) electrons. The molecule has 0 saturated carbocycles. The van der Waals surface area contributed by atoms with E-state index in [1.165, 1.54) is 0 Å². The van der Waals surface area contributed by atoms with E-state index in [0.717, 1.165) is 5.57 Å². The zero-order valence-corrected chi connectivity index (χ0v) is 11.0. The number of carboxylic acids is 1. The third-order valence-corrected chi connectivity index (χ3v) is 4.00. The molecule has 16 heavy (non-hydrogen) atoms. The van der Waals surface area contributed by atoms with Crippen LogP contribution in [0.5, 0.6) is 0 Å². The van der Waals surface area contributed by atoms with Gasteiger partial charge in [-0.3, -0.25) is 4.79 Å². The average molecular weight is 243 g/mol. The molecule has 0 bridgehead atoms. The average Bonchev–Trinajstić information content (AvgIpc) is 2.16. The number of allylic oxidation sites excluding steroid dienone is 3. The van der Waals surface area contributed by atoms with Gasteiger partial charge in [0.05, 0.1) is 4.87 Å². The molecule has 0 aromatic carbocycles. The molecule has 0 heterocycles. The third kappa shape index (κ3) is 2.17. The van der Waals surface area contributed by atoms with Crippen molar-refractivity contribution in [2.75, 3.05) is 0 Å².